The van der Waals surface area contributed by atoms with Crippen LogP contribution in [0.3, 0.4) is 0 Å². The van der Waals surface area contributed by atoms with E-state index in [4.69, 9.17) is 4.74 Å². The molecule has 0 radical (unpaired) electrons. The third-order valence-corrected chi connectivity index (χ3v) is 5.05. The molecular weight excluding hydrogens is 350 g/mol. The Labute approximate surface area is 154 Å². The third kappa shape index (κ3) is 3.98. The van der Waals surface area contributed by atoms with Crippen LogP contribution in [0.1, 0.15) is 5.56 Å². The minimum atomic E-state index is -0.256. The first-order valence-corrected chi connectivity index (χ1v) is 9.33. The van der Waals surface area contributed by atoms with Crippen molar-refractivity contribution < 1.29 is 4.74 Å². The van der Waals surface area contributed by atoms with Gasteiger partial charge in [-0.05, 0) is 29.1 Å². The molecule has 1 saturated heterocycles. The first kappa shape index (κ1) is 16.9. The lowest BCUT2D eigenvalue weighted by molar-refractivity contribution is 0.0342. The Morgan fingerprint density at radius 2 is 1.96 bits per heavy atom. The summed E-state index contributed by atoms with van der Waals surface area (Å²) in [5.41, 5.74) is 2.18. The number of thiophene rings is 1. The zero-order valence-electron chi connectivity index (χ0n) is 14.1. The number of aromatic nitrogens is 3. The van der Waals surface area contributed by atoms with Crippen LogP contribution in [-0.4, -0.2) is 46.4 Å². The van der Waals surface area contributed by atoms with Crippen molar-refractivity contribution in [1.82, 2.24) is 20.1 Å². The molecule has 4 rings (SSSR count). The van der Waals surface area contributed by atoms with Crippen molar-refractivity contribution in [2.75, 3.05) is 31.6 Å². The van der Waals surface area contributed by atoms with E-state index >= 15 is 0 Å². The number of nitrogens with one attached hydrogen (secondary N) is 2. The van der Waals surface area contributed by atoms with Crippen molar-refractivity contribution in [2.24, 2.45) is 0 Å². The molecule has 2 N–H and O–H groups in total. The second-order valence-corrected chi connectivity index (χ2v) is 6.99. The van der Waals surface area contributed by atoms with Gasteiger partial charge in [-0.25, -0.2) is 0 Å². The van der Waals surface area contributed by atoms with Crippen LogP contribution in [-0.2, 0) is 11.3 Å². The Bertz CT molecular complexity index is 902. The summed E-state index contributed by atoms with van der Waals surface area (Å²) in [6, 6.07) is 11.8. The average Bonchev–Trinajstić information content (AvgIpc) is 3.19. The zero-order valence-corrected chi connectivity index (χ0v) is 15.0. The van der Waals surface area contributed by atoms with Crippen LogP contribution in [0, 0.1) is 0 Å². The molecule has 1 aliphatic rings. The molecule has 0 aliphatic carbocycles. The number of H-pyrrole nitrogens is 1. The Kier molecular flexibility index (Phi) is 5.05. The minimum Gasteiger partial charge on any atom is -0.379 e. The molecule has 0 amide bonds. The maximum Gasteiger partial charge on any atom is 0.280 e. The van der Waals surface area contributed by atoms with Gasteiger partial charge in [0.1, 0.15) is 0 Å². The largest absolute Gasteiger partial charge is 0.379 e. The molecule has 0 bridgehead atoms. The van der Waals surface area contributed by atoms with Gasteiger partial charge >= 0.3 is 0 Å². The molecule has 3 heterocycles. The number of benzene rings is 1. The van der Waals surface area contributed by atoms with Crippen molar-refractivity contribution in [1.29, 1.82) is 0 Å². The molecule has 3 aromatic rings. The van der Waals surface area contributed by atoms with Gasteiger partial charge in [0.15, 0.2) is 5.69 Å². The number of anilines is 2. The molecule has 0 spiro atoms. The van der Waals surface area contributed by atoms with Crippen LogP contribution in [0.2, 0.25) is 0 Å². The highest BCUT2D eigenvalue weighted by atomic mass is 32.1. The number of morpholine rings is 1. The van der Waals surface area contributed by atoms with Gasteiger partial charge in [-0.3, -0.25) is 14.7 Å². The number of hydrogen-bond acceptors (Lipinski definition) is 7. The molecule has 8 heteroatoms. The molecule has 0 atom stereocenters. The normalized spacial score (nSPS) is 15.1. The Balaban J connectivity index is 1.42. The average molecular weight is 369 g/mol. The highest BCUT2D eigenvalue weighted by molar-refractivity contribution is 7.13. The molecule has 26 heavy (non-hydrogen) atoms. The molecule has 7 nitrogen and oxygen atoms in total. The smallest absolute Gasteiger partial charge is 0.280 e. The summed E-state index contributed by atoms with van der Waals surface area (Å²) in [5.74, 6) is 0.330. The summed E-state index contributed by atoms with van der Waals surface area (Å²) in [7, 11) is 0. The van der Waals surface area contributed by atoms with Crippen molar-refractivity contribution >= 4 is 23.0 Å². The van der Waals surface area contributed by atoms with Crippen LogP contribution < -0.4 is 10.9 Å². The number of nitrogens with zero attached hydrogens (tertiary/aromatic N) is 3. The van der Waals surface area contributed by atoms with E-state index in [0.29, 0.717) is 11.6 Å². The quantitative estimate of drug-likeness (QED) is 0.719. The van der Waals surface area contributed by atoms with Gasteiger partial charge in [0.2, 0.25) is 5.95 Å². The van der Waals surface area contributed by atoms with Gasteiger partial charge in [0.05, 0.1) is 18.1 Å². The minimum absolute atomic E-state index is 0.256. The van der Waals surface area contributed by atoms with Gasteiger partial charge in [-0.2, -0.15) is 0 Å². The second kappa shape index (κ2) is 7.77. The number of rotatable bonds is 5. The van der Waals surface area contributed by atoms with E-state index in [1.165, 1.54) is 16.9 Å². The highest BCUT2D eigenvalue weighted by Gasteiger charge is 2.11. The Hall–Kier alpha value is -2.55. The molecule has 1 aliphatic heterocycles. The zero-order chi connectivity index (χ0) is 17.8. The maximum absolute atomic E-state index is 12.2. The molecule has 1 aromatic carbocycles. The molecule has 134 valence electrons. The van der Waals surface area contributed by atoms with Gasteiger partial charge in [-0.1, -0.05) is 18.2 Å². The molecular formula is C18H19N5O2S. The lowest BCUT2D eigenvalue weighted by Crippen LogP contribution is -2.35. The number of hydrogen-bond donors (Lipinski definition) is 2. The van der Waals surface area contributed by atoms with Crippen LogP contribution in [0.15, 0.2) is 46.6 Å². The lowest BCUT2D eigenvalue weighted by Gasteiger charge is -2.26. The fourth-order valence-corrected chi connectivity index (χ4v) is 3.52. The first-order chi connectivity index (χ1) is 12.8. The summed E-state index contributed by atoms with van der Waals surface area (Å²) < 4.78 is 5.37. The van der Waals surface area contributed by atoms with Crippen LogP contribution >= 0.6 is 11.3 Å². The van der Waals surface area contributed by atoms with Crippen molar-refractivity contribution in [3.63, 3.8) is 0 Å². The monoisotopic (exact) mass is 369 g/mol. The molecule has 0 saturated carbocycles. The Morgan fingerprint density at radius 1 is 1.15 bits per heavy atom. The predicted octanol–water partition coefficient (Wildman–Crippen LogP) is 2.47. The summed E-state index contributed by atoms with van der Waals surface area (Å²) in [6.07, 6.45) is 0. The van der Waals surface area contributed by atoms with E-state index in [0.717, 1.165) is 43.4 Å². The SMILES string of the molecule is O=c1[nH]c(Nc2ccc(CN3CCOCC3)cc2)nnc1-c1cccs1. The summed E-state index contributed by atoms with van der Waals surface area (Å²) in [5, 5.41) is 13.1. The summed E-state index contributed by atoms with van der Waals surface area (Å²) in [6.45, 7) is 4.44. The molecule has 2 aromatic heterocycles. The van der Waals surface area contributed by atoms with E-state index in [1.54, 1.807) is 0 Å². The third-order valence-electron chi connectivity index (χ3n) is 4.18. The van der Waals surface area contributed by atoms with Crippen molar-refractivity contribution in [2.45, 2.75) is 6.54 Å². The van der Waals surface area contributed by atoms with Crippen molar-refractivity contribution in [3.8, 4) is 10.6 Å². The van der Waals surface area contributed by atoms with E-state index in [-0.39, 0.29) is 5.56 Å². The van der Waals surface area contributed by atoms with Gasteiger partial charge in [0, 0.05) is 25.3 Å². The van der Waals surface area contributed by atoms with E-state index in [9.17, 15) is 4.79 Å². The van der Waals surface area contributed by atoms with Crippen LogP contribution in [0.4, 0.5) is 11.6 Å². The van der Waals surface area contributed by atoms with Gasteiger partial charge in [-0.15, -0.1) is 21.5 Å². The topological polar surface area (TPSA) is 83.1 Å². The maximum atomic E-state index is 12.2. The summed E-state index contributed by atoms with van der Waals surface area (Å²) >= 11 is 1.46. The first-order valence-electron chi connectivity index (χ1n) is 8.45. The van der Waals surface area contributed by atoms with E-state index < -0.39 is 0 Å². The summed E-state index contributed by atoms with van der Waals surface area (Å²) in [4.78, 5) is 18.1. The van der Waals surface area contributed by atoms with E-state index in [1.807, 2.05) is 29.6 Å². The number of ether oxygens (including phenoxy) is 1. The highest BCUT2D eigenvalue weighted by Crippen LogP contribution is 2.19. The second-order valence-electron chi connectivity index (χ2n) is 6.04. The molecule has 1 fully saturated rings. The fourth-order valence-electron chi connectivity index (χ4n) is 2.82. The van der Waals surface area contributed by atoms with Crippen LogP contribution in [0.25, 0.3) is 10.6 Å². The predicted molar refractivity (Wildman–Crippen MR) is 102 cm³/mol. The lowest BCUT2D eigenvalue weighted by atomic mass is 10.2. The van der Waals surface area contributed by atoms with Gasteiger partial charge < -0.3 is 10.1 Å². The van der Waals surface area contributed by atoms with Gasteiger partial charge in [0.25, 0.3) is 5.56 Å². The fraction of sp³-hybridized carbons (Fsp3) is 0.278. The van der Waals surface area contributed by atoms with Crippen molar-refractivity contribution in [3.05, 3.63) is 57.7 Å². The van der Waals surface area contributed by atoms with Crippen LogP contribution in [0.5, 0.6) is 0 Å². The number of aromatic amines is 1. The standard InChI is InChI=1S/C18H19N5O2S/c24-17-16(15-2-1-11-26-15)21-22-18(20-17)19-14-5-3-13(4-6-14)12-23-7-9-25-10-8-23/h1-6,11H,7-10,12H2,(H2,19,20,22,24). The van der Waals surface area contributed by atoms with E-state index in [2.05, 4.69) is 37.5 Å². The Morgan fingerprint density at radius 3 is 2.65 bits per heavy atom. The molecule has 0 unspecified atom stereocenters.